The summed E-state index contributed by atoms with van der Waals surface area (Å²) in [7, 11) is 0. The first kappa shape index (κ1) is 13.6. The second-order valence-electron chi connectivity index (χ2n) is 5.82. The minimum Gasteiger partial charge on any atom is -0.480 e. The molecular formula is C15H25NO2. The zero-order valence-electron chi connectivity index (χ0n) is 11.4. The molecule has 0 amide bonds. The number of carboxylic acids is 1. The third-order valence-electron chi connectivity index (χ3n) is 4.70. The van der Waals surface area contributed by atoms with Crippen LogP contribution in [0.25, 0.3) is 0 Å². The Hall–Kier alpha value is -0.830. The molecule has 0 spiro atoms. The summed E-state index contributed by atoms with van der Waals surface area (Å²) in [5, 5.41) is 9.41. The van der Waals surface area contributed by atoms with Crippen molar-refractivity contribution in [1.82, 2.24) is 4.90 Å². The molecule has 2 aliphatic rings. The Morgan fingerprint density at radius 3 is 2.67 bits per heavy atom. The Kier molecular flexibility index (Phi) is 4.44. The molecule has 3 atom stereocenters. The normalized spacial score (nSPS) is 32.8. The summed E-state index contributed by atoms with van der Waals surface area (Å²) in [6.07, 6.45) is 7.88. The van der Waals surface area contributed by atoms with Crippen LogP contribution in [0.2, 0.25) is 0 Å². The fourth-order valence-electron chi connectivity index (χ4n) is 3.59. The van der Waals surface area contributed by atoms with E-state index in [0.29, 0.717) is 6.04 Å². The number of rotatable bonds is 4. The lowest BCUT2D eigenvalue weighted by Crippen LogP contribution is -2.55. The van der Waals surface area contributed by atoms with E-state index >= 15 is 0 Å². The summed E-state index contributed by atoms with van der Waals surface area (Å²) in [6, 6.07) is 0.199. The predicted molar refractivity (Wildman–Crippen MR) is 72.5 cm³/mol. The third-order valence-corrected chi connectivity index (χ3v) is 4.70. The van der Waals surface area contributed by atoms with Crippen molar-refractivity contribution in [2.75, 3.05) is 6.54 Å². The number of carboxylic acid groups (broad SMARTS) is 1. The van der Waals surface area contributed by atoms with Crippen molar-refractivity contribution >= 4 is 5.97 Å². The van der Waals surface area contributed by atoms with E-state index in [4.69, 9.17) is 0 Å². The largest absolute Gasteiger partial charge is 0.480 e. The van der Waals surface area contributed by atoms with E-state index in [-0.39, 0.29) is 6.04 Å². The molecule has 2 rings (SSSR count). The van der Waals surface area contributed by atoms with Gasteiger partial charge in [-0.05, 0) is 38.0 Å². The van der Waals surface area contributed by atoms with Gasteiger partial charge in [0.1, 0.15) is 6.04 Å². The van der Waals surface area contributed by atoms with E-state index in [9.17, 15) is 9.90 Å². The van der Waals surface area contributed by atoms with Gasteiger partial charge in [0.25, 0.3) is 0 Å². The summed E-state index contributed by atoms with van der Waals surface area (Å²) in [6.45, 7) is 6.93. The van der Waals surface area contributed by atoms with Gasteiger partial charge in [-0.25, -0.2) is 0 Å². The van der Waals surface area contributed by atoms with E-state index in [0.717, 1.165) is 37.3 Å². The zero-order chi connectivity index (χ0) is 13.1. The molecule has 1 heterocycles. The molecule has 1 saturated carbocycles. The molecule has 0 aromatic rings. The molecule has 3 nitrogen and oxygen atoms in total. The molecule has 1 aliphatic carbocycles. The monoisotopic (exact) mass is 251 g/mol. The van der Waals surface area contributed by atoms with Crippen molar-refractivity contribution in [3.63, 3.8) is 0 Å². The van der Waals surface area contributed by atoms with Gasteiger partial charge >= 0.3 is 5.97 Å². The number of aliphatic carboxylic acids is 1. The summed E-state index contributed by atoms with van der Waals surface area (Å²) >= 11 is 0. The van der Waals surface area contributed by atoms with Crippen molar-refractivity contribution in [3.8, 4) is 0 Å². The fraction of sp³-hybridized carbons (Fsp3) is 0.800. The van der Waals surface area contributed by atoms with Gasteiger partial charge < -0.3 is 5.11 Å². The van der Waals surface area contributed by atoms with Crippen LogP contribution in [0, 0.1) is 5.92 Å². The van der Waals surface area contributed by atoms with Gasteiger partial charge in [0, 0.05) is 12.6 Å². The molecule has 1 aliphatic heterocycles. The number of carbonyl (C=O) groups is 1. The van der Waals surface area contributed by atoms with Gasteiger partial charge in [0.05, 0.1) is 0 Å². The Labute approximate surface area is 110 Å². The van der Waals surface area contributed by atoms with Crippen molar-refractivity contribution < 1.29 is 9.90 Å². The quantitative estimate of drug-likeness (QED) is 0.781. The fourth-order valence-corrected chi connectivity index (χ4v) is 3.59. The molecule has 102 valence electrons. The summed E-state index contributed by atoms with van der Waals surface area (Å²) in [4.78, 5) is 13.7. The summed E-state index contributed by atoms with van der Waals surface area (Å²) in [5.74, 6) is 0.0712. The van der Waals surface area contributed by atoms with Crippen LogP contribution in [0.5, 0.6) is 0 Å². The number of likely N-dealkylation sites (tertiary alicyclic amines) is 1. The molecule has 3 heteroatoms. The standard InChI is InChI=1S/C15H25NO2/c1-3-11(2)10-16-13-7-5-4-6-12(13)8-9-14(16)15(17)18/h12-14H,2-10H2,1H3,(H,17,18). The number of nitrogens with zero attached hydrogens (tertiary/aromatic N) is 1. The van der Waals surface area contributed by atoms with E-state index in [1.807, 2.05) is 0 Å². The molecule has 18 heavy (non-hydrogen) atoms. The summed E-state index contributed by atoms with van der Waals surface area (Å²) < 4.78 is 0. The van der Waals surface area contributed by atoms with E-state index in [2.05, 4.69) is 18.4 Å². The van der Waals surface area contributed by atoms with Crippen LogP contribution in [-0.2, 0) is 4.79 Å². The molecule has 0 aromatic carbocycles. The number of piperidine rings is 1. The highest BCUT2D eigenvalue weighted by molar-refractivity contribution is 5.73. The first-order valence-electron chi connectivity index (χ1n) is 7.28. The first-order chi connectivity index (χ1) is 8.63. The van der Waals surface area contributed by atoms with E-state index in [1.54, 1.807) is 0 Å². The Balaban J connectivity index is 2.13. The second kappa shape index (κ2) is 5.87. The van der Waals surface area contributed by atoms with Crippen LogP contribution in [0.15, 0.2) is 12.2 Å². The third kappa shape index (κ3) is 2.77. The van der Waals surface area contributed by atoms with E-state index in [1.165, 1.54) is 25.7 Å². The molecular weight excluding hydrogens is 226 g/mol. The molecule has 3 unspecified atom stereocenters. The van der Waals surface area contributed by atoms with Crippen LogP contribution in [-0.4, -0.2) is 34.6 Å². The first-order valence-corrected chi connectivity index (χ1v) is 7.28. The molecule has 2 fully saturated rings. The van der Waals surface area contributed by atoms with Gasteiger partial charge in [0.2, 0.25) is 0 Å². The highest BCUT2D eigenvalue weighted by Crippen LogP contribution is 2.38. The second-order valence-corrected chi connectivity index (χ2v) is 5.82. The van der Waals surface area contributed by atoms with Crippen LogP contribution in [0.1, 0.15) is 51.9 Å². The SMILES string of the molecule is C=C(CC)CN1C(C(=O)O)CCC2CCCCC21. The Morgan fingerprint density at radius 1 is 1.28 bits per heavy atom. The number of fused-ring (bicyclic) bond motifs is 1. The summed E-state index contributed by atoms with van der Waals surface area (Å²) in [5.41, 5.74) is 1.16. The van der Waals surface area contributed by atoms with Crippen molar-refractivity contribution in [1.29, 1.82) is 0 Å². The maximum atomic E-state index is 11.4. The smallest absolute Gasteiger partial charge is 0.320 e. The molecule has 0 bridgehead atoms. The van der Waals surface area contributed by atoms with Crippen LogP contribution in [0.4, 0.5) is 0 Å². The average Bonchev–Trinajstić information content (AvgIpc) is 2.38. The van der Waals surface area contributed by atoms with E-state index < -0.39 is 5.97 Å². The Morgan fingerprint density at radius 2 is 2.00 bits per heavy atom. The van der Waals surface area contributed by atoms with Gasteiger partial charge in [0.15, 0.2) is 0 Å². The van der Waals surface area contributed by atoms with Gasteiger partial charge in [-0.1, -0.05) is 31.9 Å². The van der Waals surface area contributed by atoms with Crippen LogP contribution >= 0.6 is 0 Å². The lowest BCUT2D eigenvalue weighted by Gasteiger charge is -2.47. The van der Waals surface area contributed by atoms with Crippen LogP contribution < -0.4 is 0 Å². The number of hydrogen-bond donors (Lipinski definition) is 1. The zero-order valence-corrected chi connectivity index (χ0v) is 11.4. The lowest BCUT2D eigenvalue weighted by atomic mass is 9.76. The Bertz CT molecular complexity index is 326. The molecule has 1 saturated heterocycles. The predicted octanol–water partition coefficient (Wildman–Crippen LogP) is 3.06. The minimum atomic E-state index is -0.650. The minimum absolute atomic E-state index is 0.285. The topological polar surface area (TPSA) is 40.5 Å². The molecule has 0 radical (unpaired) electrons. The van der Waals surface area contributed by atoms with Gasteiger partial charge in [-0.3, -0.25) is 9.69 Å². The van der Waals surface area contributed by atoms with Crippen molar-refractivity contribution in [2.45, 2.75) is 64.0 Å². The van der Waals surface area contributed by atoms with Crippen LogP contribution in [0.3, 0.4) is 0 Å². The average molecular weight is 251 g/mol. The molecule has 0 aromatic heterocycles. The maximum Gasteiger partial charge on any atom is 0.320 e. The van der Waals surface area contributed by atoms with Crippen molar-refractivity contribution in [3.05, 3.63) is 12.2 Å². The highest BCUT2D eigenvalue weighted by atomic mass is 16.4. The maximum absolute atomic E-state index is 11.4. The van der Waals surface area contributed by atoms with Gasteiger partial charge in [-0.15, -0.1) is 0 Å². The van der Waals surface area contributed by atoms with Gasteiger partial charge in [-0.2, -0.15) is 0 Å². The highest BCUT2D eigenvalue weighted by Gasteiger charge is 2.41. The number of hydrogen-bond acceptors (Lipinski definition) is 2. The van der Waals surface area contributed by atoms with Crippen molar-refractivity contribution in [2.24, 2.45) is 5.92 Å². The molecule has 1 N–H and O–H groups in total. The lowest BCUT2D eigenvalue weighted by molar-refractivity contribution is -0.147.